The van der Waals surface area contributed by atoms with E-state index in [0.717, 1.165) is 39.2 Å². The normalized spacial score (nSPS) is 11.5. The molecule has 3 nitrogen and oxygen atoms in total. The standard InChI is InChI=1S/C44H29N3/c1-28-6-2-3-10-37(28)41-26-40(46-44(47-41)35-19-11-29(12-20-35)36-9-5-25-45-27-36)31-15-13-30(14-16-31)38-23-21-34-18-17-32-7-4-8-33-22-24-39(38)43(34)42(32)33/h2-27H,1H3. The molecule has 2 aromatic heterocycles. The lowest BCUT2D eigenvalue weighted by molar-refractivity contribution is 1.18. The van der Waals surface area contributed by atoms with E-state index in [1.54, 1.807) is 6.20 Å². The fourth-order valence-corrected chi connectivity index (χ4v) is 6.88. The lowest BCUT2D eigenvalue weighted by Gasteiger charge is -2.15. The molecule has 47 heavy (non-hydrogen) atoms. The van der Waals surface area contributed by atoms with Crippen LogP contribution in [0.5, 0.6) is 0 Å². The highest BCUT2D eigenvalue weighted by atomic mass is 14.9. The van der Waals surface area contributed by atoms with E-state index in [0.29, 0.717) is 5.82 Å². The molecular formula is C44H29N3. The smallest absolute Gasteiger partial charge is 0.160 e. The van der Waals surface area contributed by atoms with Crippen LogP contribution in [-0.2, 0) is 0 Å². The number of pyridine rings is 1. The molecule has 0 saturated heterocycles. The summed E-state index contributed by atoms with van der Waals surface area (Å²) in [7, 11) is 0. The minimum Gasteiger partial charge on any atom is -0.264 e. The van der Waals surface area contributed by atoms with Crippen molar-refractivity contribution >= 4 is 32.3 Å². The Morgan fingerprint density at radius 3 is 1.85 bits per heavy atom. The molecule has 0 bridgehead atoms. The van der Waals surface area contributed by atoms with E-state index in [2.05, 4.69) is 151 Å². The summed E-state index contributed by atoms with van der Waals surface area (Å²) in [5.74, 6) is 0.703. The van der Waals surface area contributed by atoms with Crippen LogP contribution in [0.1, 0.15) is 5.56 Å². The molecule has 0 N–H and O–H groups in total. The van der Waals surface area contributed by atoms with Gasteiger partial charge in [0.1, 0.15) is 0 Å². The molecule has 0 radical (unpaired) electrons. The number of hydrogen-bond acceptors (Lipinski definition) is 3. The van der Waals surface area contributed by atoms with Crippen molar-refractivity contribution in [2.45, 2.75) is 6.92 Å². The molecule has 9 rings (SSSR count). The van der Waals surface area contributed by atoms with Crippen LogP contribution < -0.4 is 0 Å². The van der Waals surface area contributed by atoms with Gasteiger partial charge in [0, 0.05) is 29.1 Å². The zero-order valence-electron chi connectivity index (χ0n) is 25.9. The molecule has 0 unspecified atom stereocenters. The second kappa shape index (κ2) is 11.0. The first-order valence-corrected chi connectivity index (χ1v) is 15.9. The number of benzene rings is 7. The SMILES string of the molecule is Cc1ccccc1-c1cc(-c2ccc(-c3ccc4ccc5cccc6ccc3c4c56)cc2)nc(-c2ccc(-c3cccnc3)cc2)n1. The van der Waals surface area contributed by atoms with Crippen LogP contribution >= 0.6 is 0 Å². The fraction of sp³-hybridized carbons (Fsp3) is 0.0227. The second-order valence-electron chi connectivity index (χ2n) is 12.1. The molecule has 220 valence electrons. The average Bonchev–Trinajstić information content (AvgIpc) is 3.14. The van der Waals surface area contributed by atoms with E-state index < -0.39 is 0 Å². The number of rotatable bonds is 5. The zero-order chi connectivity index (χ0) is 31.3. The van der Waals surface area contributed by atoms with Gasteiger partial charge in [0.15, 0.2) is 5.82 Å². The Balaban J connectivity index is 1.14. The van der Waals surface area contributed by atoms with E-state index >= 15 is 0 Å². The number of hydrogen-bond donors (Lipinski definition) is 0. The van der Waals surface area contributed by atoms with Crippen LogP contribution in [0.15, 0.2) is 158 Å². The molecule has 0 spiro atoms. The first kappa shape index (κ1) is 27.1. The van der Waals surface area contributed by atoms with Crippen molar-refractivity contribution in [1.29, 1.82) is 0 Å². The van der Waals surface area contributed by atoms with Crippen molar-refractivity contribution < 1.29 is 0 Å². The third-order valence-electron chi connectivity index (χ3n) is 9.31. The summed E-state index contributed by atoms with van der Waals surface area (Å²) < 4.78 is 0. The first-order valence-electron chi connectivity index (χ1n) is 15.9. The van der Waals surface area contributed by atoms with Gasteiger partial charge in [-0.05, 0) is 79.2 Å². The van der Waals surface area contributed by atoms with E-state index in [-0.39, 0.29) is 0 Å². The minimum atomic E-state index is 0.703. The third kappa shape index (κ3) is 4.72. The van der Waals surface area contributed by atoms with Crippen LogP contribution in [0.4, 0.5) is 0 Å². The van der Waals surface area contributed by atoms with Gasteiger partial charge in [-0.25, -0.2) is 9.97 Å². The van der Waals surface area contributed by atoms with Crippen LogP contribution in [0.2, 0.25) is 0 Å². The highest BCUT2D eigenvalue weighted by Gasteiger charge is 2.15. The van der Waals surface area contributed by atoms with Gasteiger partial charge in [-0.3, -0.25) is 4.98 Å². The van der Waals surface area contributed by atoms with Gasteiger partial charge in [0.2, 0.25) is 0 Å². The van der Waals surface area contributed by atoms with Gasteiger partial charge in [-0.2, -0.15) is 0 Å². The van der Waals surface area contributed by atoms with Gasteiger partial charge in [0.05, 0.1) is 11.4 Å². The Labute approximate surface area is 273 Å². The molecule has 0 aliphatic carbocycles. The summed E-state index contributed by atoms with van der Waals surface area (Å²) in [5, 5.41) is 7.79. The van der Waals surface area contributed by atoms with Gasteiger partial charge in [-0.15, -0.1) is 0 Å². The minimum absolute atomic E-state index is 0.703. The molecular weight excluding hydrogens is 571 g/mol. The Kier molecular flexibility index (Phi) is 6.36. The van der Waals surface area contributed by atoms with E-state index in [1.807, 2.05) is 12.3 Å². The Hall–Kier alpha value is -6.19. The van der Waals surface area contributed by atoms with Crippen molar-refractivity contribution in [1.82, 2.24) is 15.0 Å². The first-order chi connectivity index (χ1) is 23.2. The predicted molar refractivity (Wildman–Crippen MR) is 195 cm³/mol. The zero-order valence-corrected chi connectivity index (χ0v) is 25.9. The molecule has 0 amide bonds. The molecule has 0 fully saturated rings. The van der Waals surface area contributed by atoms with Crippen LogP contribution in [0.3, 0.4) is 0 Å². The molecule has 0 saturated carbocycles. The van der Waals surface area contributed by atoms with Crippen molar-refractivity contribution in [3.8, 4) is 56.2 Å². The van der Waals surface area contributed by atoms with Gasteiger partial charge in [-0.1, -0.05) is 133 Å². The van der Waals surface area contributed by atoms with Gasteiger partial charge >= 0.3 is 0 Å². The molecule has 0 atom stereocenters. The van der Waals surface area contributed by atoms with Crippen LogP contribution in [0, 0.1) is 6.92 Å². The quantitative estimate of drug-likeness (QED) is 0.185. The Bertz CT molecular complexity index is 2540. The average molecular weight is 600 g/mol. The predicted octanol–water partition coefficient (Wildman–Crippen LogP) is 11.4. The molecule has 0 aliphatic heterocycles. The molecule has 2 heterocycles. The van der Waals surface area contributed by atoms with E-state index in [1.165, 1.54) is 49.0 Å². The van der Waals surface area contributed by atoms with E-state index in [9.17, 15) is 0 Å². The monoisotopic (exact) mass is 599 g/mol. The molecule has 9 aromatic rings. The topological polar surface area (TPSA) is 38.7 Å². The third-order valence-corrected chi connectivity index (χ3v) is 9.31. The summed E-state index contributed by atoms with van der Waals surface area (Å²) in [6.45, 7) is 2.13. The maximum absolute atomic E-state index is 5.12. The van der Waals surface area contributed by atoms with Gasteiger partial charge in [0.25, 0.3) is 0 Å². The number of aromatic nitrogens is 3. The summed E-state index contributed by atoms with van der Waals surface area (Å²) in [5.41, 5.74) is 10.7. The van der Waals surface area contributed by atoms with Crippen molar-refractivity contribution in [3.63, 3.8) is 0 Å². The highest BCUT2D eigenvalue weighted by molar-refractivity contribution is 6.25. The van der Waals surface area contributed by atoms with Gasteiger partial charge < -0.3 is 0 Å². The van der Waals surface area contributed by atoms with E-state index in [4.69, 9.17) is 9.97 Å². The lowest BCUT2D eigenvalue weighted by Crippen LogP contribution is -1.97. The molecule has 3 heteroatoms. The summed E-state index contributed by atoms with van der Waals surface area (Å²) in [4.78, 5) is 14.5. The molecule has 7 aromatic carbocycles. The van der Waals surface area contributed by atoms with Crippen molar-refractivity contribution in [3.05, 3.63) is 164 Å². The number of nitrogens with zero attached hydrogens (tertiary/aromatic N) is 3. The maximum Gasteiger partial charge on any atom is 0.160 e. The second-order valence-corrected chi connectivity index (χ2v) is 12.1. The van der Waals surface area contributed by atoms with Crippen molar-refractivity contribution in [2.24, 2.45) is 0 Å². The number of aryl methyl sites for hydroxylation is 1. The Morgan fingerprint density at radius 1 is 0.426 bits per heavy atom. The Morgan fingerprint density at radius 2 is 1.09 bits per heavy atom. The lowest BCUT2D eigenvalue weighted by atomic mass is 9.89. The summed E-state index contributed by atoms with van der Waals surface area (Å²) >= 11 is 0. The highest BCUT2D eigenvalue weighted by Crippen LogP contribution is 2.40. The van der Waals surface area contributed by atoms with Crippen LogP contribution in [0.25, 0.3) is 88.5 Å². The maximum atomic E-state index is 5.12. The summed E-state index contributed by atoms with van der Waals surface area (Å²) in [6.07, 6.45) is 3.68. The molecule has 0 aliphatic rings. The van der Waals surface area contributed by atoms with Crippen molar-refractivity contribution in [2.75, 3.05) is 0 Å². The van der Waals surface area contributed by atoms with Crippen LogP contribution in [-0.4, -0.2) is 15.0 Å². The summed E-state index contributed by atoms with van der Waals surface area (Å²) in [6, 6.07) is 51.8. The fourth-order valence-electron chi connectivity index (χ4n) is 6.88. The largest absolute Gasteiger partial charge is 0.264 e.